The molecule has 28 heavy (non-hydrogen) atoms. The van der Waals surface area contributed by atoms with Crippen LogP contribution < -0.4 is 5.32 Å². The Morgan fingerprint density at radius 2 is 1.89 bits per heavy atom. The molecule has 2 aromatic carbocycles. The Bertz CT molecular complexity index is 1020. The predicted molar refractivity (Wildman–Crippen MR) is 107 cm³/mol. The lowest BCUT2D eigenvalue weighted by molar-refractivity contribution is -0.117. The number of nitrogens with zero attached hydrogens (tertiary/aromatic N) is 1. The van der Waals surface area contributed by atoms with E-state index in [1.165, 1.54) is 18.2 Å². The average molecular weight is 399 g/mol. The molecule has 1 atom stereocenters. The highest BCUT2D eigenvalue weighted by atomic mass is 35.5. The van der Waals surface area contributed by atoms with Gasteiger partial charge in [-0.1, -0.05) is 35.9 Å². The van der Waals surface area contributed by atoms with Gasteiger partial charge in [-0.05, 0) is 60.0 Å². The number of carbonyl (C=O) groups is 1. The number of nitrogens with one attached hydrogen (secondary N) is 1. The second-order valence-corrected chi connectivity index (χ2v) is 6.62. The lowest BCUT2D eigenvalue weighted by Gasteiger charge is -2.14. The van der Waals surface area contributed by atoms with Crippen molar-refractivity contribution in [1.82, 2.24) is 10.3 Å². The molecule has 0 bridgehead atoms. The summed E-state index contributed by atoms with van der Waals surface area (Å²) < 4.78 is 26.2. The van der Waals surface area contributed by atoms with E-state index in [0.29, 0.717) is 10.7 Å². The van der Waals surface area contributed by atoms with Crippen LogP contribution in [0.15, 0.2) is 66.9 Å². The zero-order valence-corrected chi connectivity index (χ0v) is 15.8. The van der Waals surface area contributed by atoms with Crippen LogP contribution in [0, 0.1) is 11.6 Å². The Kier molecular flexibility index (Phi) is 6.16. The number of benzene rings is 2. The molecular weight excluding hydrogens is 382 g/mol. The largest absolute Gasteiger partial charge is 0.346 e. The number of carbonyl (C=O) groups excluding carboxylic acids is 1. The van der Waals surface area contributed by atoms with E-state index in [2.05, 4.69) is 10.3 Å². The van der Waals surface area contributed by atoms with Gasteiger partial charge in [-0.2, -0.15) is 0 Å². The normalized spacial score (nSPS) is 12.1. The highest BCUT2D eigenvalue weighted by molar-refractivity contribution is 6.29. The predicted octanol–water partition coefficient (Wildman–Crippen LogP) is 5.57. The van der Waals surface area contributed by atoms with E-state index >= 15 is 0 Å². The SMILES string of the molecule is C[C@H](NC(=O)/C=C\c1ccc(F)c(F)c1)c1cccc(-c2ccc(Cl)nc2)c1. The van der Waals surface area contributed by atoms with E-state index < -0.39 is 11.6 Å². The topological polar surface area (TPSA) is 42.0 Å². The van der Waals surface area contributed by atoms with Gasteiger partial charge in [0.15, 0.2) is 11.6 Å². The van der Waals surface area contributed by atoms with Crippen LogP contribution in [0.1, 0.15) is 24.1 Å². The van der Waals surface area contributed by atoms with Crippen LogP contribution in [0.4, 0.5) is 8.78 Å². The minimum Gasteiger partial charge on any atom is -0.346 e. The van der Waals surface area contributed by atoms with E-state index in [0.717, 1.165) is 28.8 Å². The van der Waals surface area contributed by atoms with Gasteiger partial charge >= 0.3 is 0 Å². The molecule has 0 spiro atoms. The van der Waals surface area contributed by atoms with Crippen molar-refractivity contribution < 1.29 is 13.6 Å². The molecule has 0 unspecified atom stereocenters. The van der Waals surface area contributed by atoms with Crippen LogP contribution in [0.5, 0.6) is 0 Å². The molecule has 0 saturated heterocycles. The van der Waals surface area contributed by atoms with Crippen LogP contribution in [0.2, 0.25) is 5.15 Å². The Balaban J connectivity index is 1.68. The van der Waals surface area contributed by atoms with E-state index in [-0.39, 0.29) is 11.9 Å². The van der Waals surface area contributed by atoms with Crippen molar-refractivity contribution in [2.45, 2.75) is 13.0 Å². The summed E-state index contributed by atoms with van der Waals surface area (Å²) >= 11 is 5.82. The van der Waals surface area contributed by atoms with Crippen molar-refractivity contribution in [3.05, 3.63) is 94.8 Å². The summed E-state index contributed by atoms with van der Waals surface area (Å²) in [5.41, 5.74) is 3.20. The van der Waals surface area contributed by atoms with Gasteiger partial charge in [0, 0.05) is 17.8 Å². The molecule has 0 saturated carbocycles. The van der Waals surface area contributed by atoms with Crippen molar-refractivity contribution in [2.75, 3.05) is 0 Å². The molecule has 0 fully saturated rings. The molecule has 1 heterocycles. The minimum absolute atomic E-state index is 0.248. The zero-order valence-electron chi connectivity index (χ0n) is 15.0. The van der Waals surface area contributed by atoms with Crippen molar-refractivity contribution in [1.29, 1.82) is 0 Å². The molecule has 3 aromatic rings. The number of amides is 1. The molecule has 6 heteroatoms. The van der Waals surface area contributed by atoms with Gasteiger partial charge in [-0.15, -0.1) is 0 Å². The zero-order chi connectivity index (χ0) is 20.1. The maximum absolute atomic E-state index is 13.2. The maximum atomic E-state index is 13.2. The number of hydrogen-bond donors (Lipinski definition) is 1. The first kappa shape index (κ1) is 19.7. The number of rotatable bonds is 5. The van der Waals surface area contributed by atoms with Gasteiger partial charge in [0.1, 0.15) is 5.15 Å². The Morgan fingerprint density at radius 1 is 1.07 bits per heavy atom. The van der Waals surface area contributed by atoms with E-state index in [9.17, 15) is 13.6 Å². The van der Waals surface area contributed by atoms with Gasteiger partial charge in [0.25, 0.3) is 0 Å². The lowest BCUT2D eigenvalue weighted by atomic mass is 10.0. The number of halogens is 3. The Hall–Kier alpha value is -3.05. The molecule has 1 N–H and O–H groups in total. The molecule has 0 aliphatic heterocycles. The highest BCUT2D eigenvalue weighted by Crippen LogP contribution is 2.23. The molecule has 3 rings (SSSR count). The Morgan fingerprint density at radius 3 is 2.61 bits per heavy atom. The summed E-state index contributed by atoms with van der Waals surface area (Å²) in [4.78, 5) is 16.2. The van der Waals surface area contributed by atoms with Crippen molar-refractivity contribution in [2.24, 2.45) is 0 Å². The smallest absolute Gasteiger partial charge is 0.244 e. The molecular formula is C22H17ClF2N2O. The summed E-state index contributed by atoms with van der Waals surface area (Å²) in [6.07, 6.45) is 4.41. The average Bonchev–Trinajstić information content (AvgIpc) is 2.69. The van der Waals surface area contributed by atoms with Gasteiger partial charge < -0.3 is 5.32 Å². The minimum atomic E-state index is -0.954. The summed E-state index contributed by atoms with van der Waals surface area (Å²) in [5.74, 6) is -2.22. The molecule has 0 radical (unpaired) electrons. The van der Waals surface area contributed by atoms with Crippen LogP contribution in [0.25, 0.3) is 17.2 Å². The third-order valence-corrected chi connectivity index (χ3v) is 4.40. The number of aromatic nitrogens is 1. The van der Waals surface area contributed by atoms with Crippen LogP contribution in [0.3, 0.4) is 0 Å². The highest BCUT2D eigenvalue weighted by Gasteiger charge is 2.09. The van der Waals surface area contributed by atoms with Crippen LogP contribution >= 0.6 is 11.6 Å². The lowest BCUT2D eigenvalue weighted by Crippen LogP contribution is -2.24. The van der Waals surface area contributed by atoms with E-state index in [4.69, 9.17) is 11.6 Å². The molecule has 1 amide bonds. The van der Waals surface area contributed by atoms with Gasteiger partial charge in [0.05, 0.1) is 6.04 Å². The fourth-order valence-electron chi connectivity index (χ4n) is 2.67. The molecule has 142 valence electrons. The van der Waals surface area contributed by atoms with Crippen molar-refractivity contribution in [3.8, 4) is 11.1 Å². The van der Waals surface area contributed by atoms with Gasteiger partial charge in [0.2, 0.25) is 5.91 Å². The van der Waals surface area contributed by atoms with Gasteiger partial charge in [-0.3, -0.25) is 4.79 Å². The summed E-state index contributed by atoms with van der Waals surface area (Å²) in [5, 5.41) is 3.27. The molecule has 3 nitrogen and oxygen atoms in total. The quantitative estimate of drug-likeness (QED) is 0.451. The van der Waals surface area contributed by atoms with E-state index in [1.807, 2.05) is 37.3 Å². The van der Waals surface area contributed by atoms with Crippen LogP contribution in [-0.2, 0) is 4.79 Å². The summed E-state index contributed by atoms with van der Waals surface area (Å²) in [6, 6.07) is 14.5. The third kappa shape index (κ3) is 5.02. The van der Waals surface area contributed by atoms with Gasteiger partial charge in [-0.25, -0.2) is 13.8 Å². The first-order chi connectivity index (χ1) is 13.4. The molecule has 0 aliphatic carbocycles. The molecule has 0 aliphatic rings. The number of hydrogen-bond acceptors (Lipinski definition) is 2. The second-order valence-electron chi connectivity index (χ2n) is 6.23. The maximum Gasteiger partial charge on any atom is 0.244 e. The fourth-order valence-corrected chi connectivity index (χ4v) is 2.78. The van der Waals surface area contributed by atoms with Crippen LogP contribution in [-0.4, -0.2) is 10.9 Å². The van der Waals surface area contributed by atoms with Crippen molar-refractivity contribution >= 4 is 23.6 Å². The summed E-state index contributed by atoms with van der Waals surface area (Å²) in [6.45, 7) is 1.86. The number of pyridine rings is 1. The second kappa shape index (κ2) is 8.76. The fraction of sp³-hybridized carbons (Fsp3) is 0.0909. The monoisotopic (exact) mass is 398 g/mol. The third-order valence-electron chi connectivity index (χ3n) is 4.18. The molecule has 1 aromatic heterocycles. The van der Waals surface area contributed by atoms with Crippen molar-refractivity contribution in [3.63, 3.8) is 0 Å². The first-order valence-electron chi connectivity index (χ1n) is 8.58. The van der Waals surface area contributed by atoms with E-state index in [1.54, 1.807) is 12.3 Å². The summed E-state index contributed by atoms with van der Waals surface area (Å²) in [7, 11) is 0. The Labute approximate surface area is 166 Å². The standard InChI is InChI=1S/C22H17ClF2N2O/c1-14(27-22(28)10-6-15-5-8-19(24)20(25)11-15)16-3-2-4-17(12-16)18-7-9-21(23)26-13-18/h2-14H,1H3,(H,27,28)/b10-6-/t14-/m0/s1. The first-order valence-corrected chi connectivity index (χ1v) is 8.95.